The predicted molar refractivity (Wildman–Crippen MR) is 126 cm³/mol. The van der Waals surface area contributed by atoms with E-state index in [-0.39, 0.29) is 23.0 Å². The summed E-state index contributed by atoms with van der Waals surface area (Å²) >= 11 is 1.27. The van der Waals surface area contributed by atoms with Gasteiger partial charge >= 0.3 is 0 Å². The average Bonchev–Trinajstić information content (AvgIpc) is 3.60. The van der Waals surface area contributed by atoms with Gasteiger partial charge in [0.1, 0.15) is 5.69 Å². The molecular formula is C23H24N6O3S. The highest BCUT2D eigenvalue weighted by Crippen LogP contribution is 2.23. The molecule has 1 saturated heterocycles. The zero-order chi connectivity index (χ0) is 22.9. The predicted octanol–water partition coefficient (Wildman–Crippen LogP) is 2.99. The van der Waals surface area contributed by atoms with Crippen molar-refractivity contribution in [3.05, 3.63) is 58.1 Å². The highest BCUT2D eigenvalue weighted by molar-refractivity contribution is 7.99. The monoisotopic (exact) mass is 464 g/mol. The molecule has 5 rings (SSSR count). The third-order valence-electron chi connectivity index (χ3n) is 5.89. The normalized spacial score (nSPS) is 13.9. The first-order chi connectivity index (χ1) is 16.1. The lowest BCUT2D eigenvalue weighted by atomic mass is 10.2. The average molecular weight is 465 g/mol. The number of aromatic nitrogens is 5. The van der Waals surface area contributed by atoms with E-state index >= 15 is 0 Å². The van der Waals surface area contributed by atoms with Crippen molar-refractivity contribution in [3.8, 4) is 0 Å². The summed E-state index contributed by atoms with van der Waals surface area (Å²) in [5, 5.41) is 9.66. The van der Waals surface area contributed by atoms with Gasteiger partial charge < -0.3 is 9.88 Å². The Labute approximate surface area is 193 Å². The van der Waals surface area contributed by atoms with Crippen LogP contribution < -0.4 is 5.56 Å². The Morgan fingerprint density at radius 1 is 1.15 bits per heavy atom. The molecule has 0 aliphatic carbocycles. The molecule has 1 aliphatic rings. The lowest BCUT2D eigenvalue weighted by Crippen LogP contribution is -2.27. The Balaban J connectivity index is 1.41. The number of likely N-dealkylation sites (tertiary alicyclic amines) is 1. The number of rotatable bonds is 7. The molecule has 0 bridgehead atoms. The molecule has 4 aromatic rings. The summed E-state index contributed by atoms with van der Waals surface area (Å²) in [6, 6.07) is 8.97. The second-order valence-electron chi connectivity index (χ2n) is 8.11. The molecule has 1 N–H and O–H groups in total. The number of carbonyl (C=O) groups excluding carboxylic acids is 2. The number of amides is 1. The number of benzene rings is 1. The molecule has 4 heterocycles. The van der Waals surface area contributed by atoms with Crippen LogP contribution in [0.5, 0.6) is 0 Å². The zero-order valence-electron chi connectivity index (χ0n) is 18.3. The van der Waals surface area contributed by atoms with Crippen LogP contribution in [0, 0.1) is 0 Å². The molecule has 33 heavy (non-hydrogen) atoms. The number of para-hydroxylation sites is 1. The summed E-state index contributed by atoms with van der Waals surface area (Å²) in [4.78, 5) is 43.1. The van der Waals surface area contributed by atoms with E-state index in [1.165, 1.54) is 11.8 Å². The van der Waals surface area contributed by atoms with Crippen LogP contribution >= 0.6 is 11.8 Å². The Morgan fingerprint density at radius 3 is 2.73 bits per heavy atom. The maximum absolute atomic E-state index is 12.9. The molecule has 1 fully saturated rings. The topological polar surface area (TPSA) is 105 Å². The molecule has 1 aliphatic heterocycles. The van der Waals surface area contributed by atoms with Gasteiger partial charge in [0.15, 0.2) is 10.9 Å². The zero-order valence-corrected chi connectivity index (χ0v) is 19.1. The van der Waals surface area contributed by atoms with Gasteiger partial charge in [-0.1, -0.05) is 30.8 Å². The number of ketones is 1. The van der Waals surface area contributed by atoms with Gasteiger partial charge in [-0.3, -0.25) is 23.4 Å². The highest BCUT2D eigenvalue weighted by atomic mass is 32.2. The quantitative estimate of drug-likeness (QED) is 0.333. The van der Waals surface area contributed by atoms with Crippen LogP contribution in [-0.4, -0.2) is 59.6 Å². The molecule has 170 valence electrons. The summed E-state index contributed by atoms with van der Waals surface area (Å²) in [5.74, 6) is 0.426. The van der Waals surface area contributed by atoms with Gasteiger partial charge in [0, 0.05) is 31.4 Å². The molecule has 1 aromatic carbocycles. The molecule has 0 spiro atoms. The van der Waals surface area contributed by atoms with Crippen molar-refractivity contribution in [2.45, 2.75) is 37.9 Å². The standard InChI is InChI=1S/C23H24N6O3S/c1-2-9-28-20(31)16-7-3-4-8-18(16)29-22(28)25-26-23(29)33-14-19(30)15-12-17(24-13-15)21(32)27-10-5-6-11-27/h3-4,7-8,12-13,24H,2,5-6,9-11,14H2,1H3. The summed E-state index contributed by atoms with van der Waals surface area (Å²) in [6.07, 6.45) is 4.40. The largest absolute Gasteiger partial charge is 0.356 e. The van der Waals surface area contributed by atoms with Crippen molar-refractivity contribution in [1.29, 1.82) is 0 Å². The molecule has 0 radical (unpaired) electrons. The van der Waals surface area contributed by atoms with Crippen LogP contribution in [0.2, 0.25) is 0 Å². The SMILES string of the molecule is CCCn1c(=O)c2ccccc2n2c(SCC(=O)c3c[nH]c(C(=O)N4CCCC4)c3)nnc12. The minimum Gasteiger partial charge on any atom is -0.356 e. The van der Waals surface area contributed by atoms with E-state index < -0.39 is 0 Å². The number of hydrogen-bond donors (Lipinski definition) is 1. The van der Waals surface area contributed by atoms with E-state index in [0.29, 0.717) is 39.6 Å². The second kappa shape index (κ2) is 8.86. The van der Waals surface area contributed by atoms with E-state index in [9.17, 15) is 14.4 Å². The van der Waals surface area contributed by atoms with Crippen molar-refractivity contribution in [2.75, 3.05) is 18.8 Å². The van der Waals surface area contributed by atoms with E-state index in [0.717, 1.165) is 32.4 Å². The van der Waals surface area contributed by atoms with Gasteiger partial charge in [-0.05, 0) is 37.5 Å². The Hall–Kier alpha value is -3.40. The fraction of sp³-hybridized carbons (Fsp3) is 0.348. The van der Waals surface area contributed by atoms with Crippen LogP contribution in [0.25, 0.3) is 16.7 Å². The van der Waals surface area contributed by atoms with Gasteiger partial charge in [0.05, 0.1) is 16.7 Å². The highest BCUT2D eigenvalue weighted by Gasteiger charge is 2.22. The Bertz CT molecular complexity index is 1410. The third-order valence-corrected chi connectivity index (χ3v) is 6.82. The number of thioether (sulfide) groups is 1. The molecule has 10 heteroatoms. The molecular weight excluding hydrogens is 440 g/mol. The Morgan fingerprint density at radius 2 is 1.94 bits per heavy atom. The van der Waals surface area contributed by atoms with Crippen molar-refractivity contribution >= 4 is 40.1 Å². The number of nitrogens with zero attached hydrogens (tertiary/aromatic N) is 5. The summed E-state index contributed by atoms with van der Waals surface area (Å²) in [7, 11) is 0. The number of H-pyrrole nitrogens is 1. The smallest absolute Gasteiger partial charge is 0.270 e. The van der Waals surface area contributed by atoms with Crippen molar-refractivity contribution in [2.24, 2.45) is 0 Å². The first kappa shape index (κ1) is 21.4. The molecule has 0 saturated carbocycles. The third kappa shape index (κ3) is 3.84. The van der Waals surface area contributed by atoms with E-state index in [1.807, 2.05) is 29.5 Å². The summed E-state index contributed by atoms with van der Waals surface area (Å²) in [5.41, 5.74) is 1.52. The van der Waals surface area contributed by atoms with Crippen LogP contribution in [0.15, 0.2) is 46.5 Å². The maximum Gasteiger partial charge on any atom is 0.270 e. The minimum absolute atomic E-state index is 0.0666. The van der Waals surface area contributed by atoms with Crippen molar-refractivity contribution < 1.29 is 9.59 Å². The first-order valence-electron chi connectivity index (χ1n) is 11.1. The molecule has 1 amide bonds. The second-order valence-corrected chi connectivity index (χ2v) is 9.05. The van der Waals surface area contributed by atoms with Gasteiger partial charge in [-0.2, -0.15) is 0 Å². The van der Waals surface area contributed by atoms with Gasteiger partial charge in [0.25, 0.3) is 11.5 Å². The van der Waals surface area contributed by atoms with Crippen molar-refractivity contribution in [1.82, 2.24) is 29.0 Å². The lowest BCUT2D eigenvalue weighted by molar-refractivity contribution is 0.0787. The van der Waals surface area contributed by atoms with Crippen LogP contribution in [0.4, 0.5) is 0 Å². The van der Waals surface area contributed by atoms with Gasteiger partial charge in [-0.15, -0.1) is 10.2 Å². The molecule has 9 nitrogen and oxygen atoms in total. The van der Waals surface area contributed by atoms with Crippen LogP contribution in [0.1, 0.15) is 47.0 Å². The number of aryl methyl sites for hydroxylation is 1. The number of Topliss-reactive ketones (excluding diaryl/α,β-unsaturated/α-hetero) is 1. The fourth-order valence-electron chi connectivity index (χ4n) is 4.24. The minimum atomic E-state index is -0.111. The molecule has 3 aromatic heterocycles. The van der Waals surface area contributed by atoms with E-state index in [4.69, 9.17) is 0 Å². The number of hydrogen-bond acceptors (Lipinski definition) is 6. The van der Waals surface area contributed by atoms with Crippen LogP contribution in [0.3, 0.4) is 0 Å². The van der Waals surface area contributed by atoms with E-state index in [1.54, 1.807) is 27.8 Å². The molecule has 0 atom stereocenters. The van der Waals surface area contributed by atoms with Crippen LogP contribution in [-0.2, 0) is 6.54 Å². The van der Waals surface area contributed by atoms with E-state index in [2.05, 4.69) is 15.2 Å². The summed E-state index contributed by atoms with van der Waals surface area (Å²) < 4.78 is 3.47. The maximum atomic E-state index is 12.9. The summed E-state index contributed by atoms with van der Waals surface area (Å²) in [6.45, 7) is 4.05. The first-order valence-corrected chi connectivity index (χ1v) is 12.1. The van der Waals surface area contributed by atoms with Gasteiger partial charge in [0.2, 0.25) is 5.78 Å². The van der Waals surface area contributed by atoms with Crippen molar-refractivity contribution in [3.63, 3.8) is 0 Å². The van der Waals surface area contributed by atoms with Gasteiger partial charge in [-0.25, -0.2) is 0 Å². The fourth-order valence-corrected chi connectivity index (χ4v) is 5.07. The number of aromatic amines is 1. The Kier molecular flexibility index (Phi) is 5.76. The number of nitrogens with one attached hydrogen (secondary N) is 1. The molecule has 0 unspecified atom stereocenters. The lowest BCUT2D eigenvalue weighted by Gasteiger charge is -2.13. The number of carbonyl (C=O) groups is 2. The number of fused-ring (bicyclic) bond motifs is 3.